The van der Waals surface area contributed by atoms with Gasteiger partial charge < -0.3 is 20.3 Å². The van der Waals surface area contributed by atoms with Crippen LogP contribution >= 0.6 is 34.8 Å². The standard InChI is InChI=1S/C19H19IN2O4S/c20-13-7-3-2-6-11(13)14(12(10-21)16(22)27)15-17(23)25-19(26-18(15)24)8-4-1-5-9-19/h2-3,6-7,12,14,23H,1,4-5,8-9H2,(H2,22,27)/p-1. The lowest BCUT2D eigenvalue weighted by Crippen LogP contribution is -2.47. The third-order valence-corrected chi connectivity index (χ3v) is 6.18. The van der Waals surface area contributed by atoms with E-state index in [2.05, 4.69) is 22.6 Å². The highest BCUT2D eigenvalue weighted by molar-refractivity contribution is 14.1. The Kier molecular flexibility index (Phi) is 5.91. The second kappa shape index (κ2) is 8.02. The molecule has 1 fully saturated rings. The summed E-state index contributed by atoms with van der Waals surface area (Å²) in [7, 11) is 0. The summed E-state index contributed by atoms with van der Waals surface area (Å²) in [5.74, 6) is -4.67. The maximum absolute atomic E-state index is 12.9. The Bertz CT molecular complexity index is 842. The zero-order chi connectivity index (χ0) is 19.6. The Morgan fingerprint density at radius 1 is 1.30 bits per heavy atom. The number of ether oxygens (including phenoxy) is 2. The van der Waals surface area contributed by atoms with Gasteiger partial charge in [-0.1, -0.05) is 36.8 Å². The van der Waals surface area contributed by atoms with E-state index in [9.17, 15) is 15.2 Å². The molecule has 0 bridgehead atoms. The predicted molar refractivity (Wildman–Crippen MR) is 108 cm³/mol. The summed E-state index contributed by atoms with van der Waals surface area (Å²) in [5, 5.41) is 22.5. The van der Waals surface area contributed by atoms with Crippen molar-refractivity contribution in [1.82, 2.24) is 0 Å². The largest absolute Gasteiger partial charge is 0.574 e. The summed E-state index contributed by atoms with van der Waals surface area (Å²) in [6.07, 6.45) is 3.63. The minimum Gasteiger partial charge on any atom is -0.574 e. The van der Waals surface area contributed by atoms with Gasteiger partial charge in [0, 0.05) is 9.49 Å². The molecule has 1 aliphatic heterocycles. The zero-order valence-corrected chi connectivity index (χ0v) is 17.4. The van der Waals surface area contributed by atoms with E-state index in [1.807, 2.05) is 18.2 Å². The van der Waals surface area contributed by atoms with Gasteiger partial charge in [-0.2, -0.15) is 5.26 Å². The van der Waals surface area contributed by atoms with Crippen molar-refractivity contribution in [1.29, 1.82) is 5.26 Å². The van der Waals surface area contributed by atoms with E-state index >= 15 is 0 Å². The molecular weight excluding hydrogens is 479 g/mol. The lowest BCUT2D eigenvalue weighted by molar-refractivity contribution is -0.402. The first-order chi connectivity index (χ1) is 12.9. The van der Waals surface area contributed by atoms with Crippen LogP contribution in [0.3, 0.4) is 0 Å². The van der Waals surface area contributed by atoms with Crippen LogP contribution in [0.25, 0.3) is 0 Å². The normalized spacial score (nSPS) is 21.0. The third-order valence-electron chi connectivity index (χ3n) is 4.94. The number of rotatable bonds is 4. The molecule has 2 atom stereocenters. The molecule has 1 aromatic rings. The summed E-state index contributed by atoms with van der Waals surface area (Å²) in [4.78, 5) is 12.8. The lowest BCUT2D eigenvalue weighted by Gasteiger charge is -2.47. The summed E-state index contributed by atoms with van der Waals surface area (Å²) in [6, 6.07) is 9.18. The second-order valence-electron chi connectivity index (χ2n) is 6.67. The fraction of sp³-hybridized carbons (Fsp3) is 0.421. The van der Waals surface area contributed by atoms with Crippen LogP contribution in [0.15, 0.2) is 35.8 Å². The monoisotopic (exact) mass is 497 g/mol. The molecule has 1 heterocycles. The van der Waals surface area contributed by atoms with Crippen molar-refractivity contribution in [3.05, 3.63) is 44.9 Å². The van der Waals surface area contributed by atoms with Crippen LogP contribution < -0.4 is 10.8 Å². The number of nitrogens with two attached hydrogens (primary N) is 1. The molecule has 2 unspecified atom stereocenters. The number of carbonyl (C=O) groups excluding carboxylic acids is 1. The quantitative estimate of drug-likeness (QED) is 0.387. The summed E-state index contributed by atoms with van der Waals surface area (Å²) < 4.78 is 12.0. The van der Waals surface area contributed by atoms with Gasteiger partial charge in [-0.15, -0.1) is 0 Å². The van der Waals surface area contributed by atoms with Crippen LogP contribution in [-0.4, -0.2) is 16.7 Å². The number of halogens is 1. The minimum absolute atomic E-state index is 0.0896. The molecular formula is C19H18IN2O4S-. The number of hydrogen-bond donors (Lipinski definition) is 1. The van der Waals surface area contributed by atoms with Crippen LogP contribution in [0, 0.1) is 20.8 Å². The van der Waals surface area contributed by atoms with E-state index in [4.69, 9.17) is 27.4 Å². The molecule has 8 heteroatoms. The Morgan fingerprint density at radius 2 is 1.96 bits per heavy atom. The molecule has 0 amide bonds. The molecule has 142 valence electrons. The Morgan fingerprint density at radius 3 is 2.52 bits per heavy atom. The molecule has 1 saturated carbocycles. The molecule has 1 spiro atoms. The van der Waals surface area contributed by atoms with Crippen molar-refractivity contribution >= 4 is 45.8 Å². The average molecular weight is 497 g/mol. The Hall–Kier alpha value is -1.86. The Labute approximate surface area is 176 Å². The second-order valence-corrected chi connectivity index (χ2v) is 8.31. The maximum atomic E-state index is 12.9. The van der Waals surface area contributed by atoms with Crippen LogP contribution in [-0.2, 0) is 14.3 Å². The van der Waals surface area contributed by atoms with E-state index in [-0.39, 0.29) is 10.6 Å². The van der Waals surface area contributed by atoms with E-state index in [1.54, 1.807) is 12.1 Å². The summed E-state index contributed by atoms with van der Waals surface area (Å²) in [5.41, 5.74) is 6.14. The first-order valence-electron chi connectivity index (χ1n) is 8.65. The molecule has 2 N–H and O–H groups in total. The zero-order valence-electron chi connectivity index (χ0n) is 14.4. The molecule has 0 saturated heterocycles. The SMILES string of the molecule is N#CC(C(N)=S)C(C1=C([O-])OC2(CCCCC2)OC1=O)c1ccccc1I. The van der Waals surface area contributed by atoms with Crippen molar-refractivity contribution in [2.45, 2.75) is 43.8 Å². The van der Waals surface area contributed by atoms with E-state index in [0.717, 1.165) is 22.8 Å². The predicted octanol–water partition coefficient (Wildman–Crippen LogP) is 2.61. The van der Waals surface area contributed by atoms with Crippen LogP contribution in [0.4, 0.5) is 0 Å². The van der Waals surface area contributed by atoms with Crippen molar-refractivity contribution in [3.8, 4) is 6.07 Å². The maximum Gasteiger partial charge on any atom is 0.337 e. The fourth-order valence-corrected chi connectivity index (χ4v) is 4.54. The average Bonchev–Trinajstić information content (AvgIpc) is 2.61. The van der Waals surface area contributed by atoms with Gasteiger partial charge in [0.05, 0.1) is 22.6 Å². The van der Waals surface area contributed by atoms with Crippen molar-refractivity contribution < 1.29 is 19.4 Å². The smallest absolute Gasteiger partial charge is 0.337 e. The van der Waals surface area contributed by atoms with Gasteiger partial charge in [-0.05, 0) is 59.9 Å². The highest BCUT2D eigenvalue weighted by Gasteiger charge is 2.43. The Balaban J connectivity index is 2.10. The third kappa shape index (κ3) is 3.89. The molecule has 0 radical (unpaired) electrons. The van der Waals surface area contributed by atoms with Gasteiger partial charge >= 0.3 is 5.97 Å². The van der Waals surface area contributed by atoms with Crippen molar-refractivity contribution in [2.75, 3.05) is 0 Å². The van der Waals surface area contributed by atoms with E-state index in [0.29, 0.717) is 18.4 Å². The number of carbonyl (C=O) groups is 1. The number of hydrogen-bond acceptors (Lipinski definition) is 6. The molecule has 27 heavy (non-hydrogen) atoms. The fourth-order valence-electron chi connectivity index (χ4n) is 3.63. The molecule has 1 aromatic carbocycles. The van der Waals surface area contributed by atoms with Crippen LogP contribution in [0.5, 0.6) is 0 Å². The van der Waals surface area contributed by atoms with Crippen LogP contribution in [0.2, 0.25) is 0 Å². The molecule has 0 aromatic heterocycles. The number of thiocarbonyl (C=S) groups is 1. The highest BCUT2D eigenvalue weighted by atomic mass is 127. The van der Waals surface area contributed by atoms with Gasteiger partial charge in [0.1, 0.15) is 5.92 Å². The van der Waals surface area contributed by atoms with E-state index < -0.39 is 29.5 Å². The van der Waals surface area contributed by atoms with Gasteiger partial charge in [-0.25, -0.2) is 4.79 Å². The number of nitriles is 1. The molecule has 6 nitrogen and oxygen atoms in total. The van der Waals surface area contributed by atoms with Gasteiger partial charge in [-0.3, -0.25) is 0 Å². The van der Waals surface area contributed by atoms with Crippen molar-refractivity contribution in [2.24, 2.45) is 11.7 Å². The van der Waals surface area contributed by atoms with Gasteiger partial charge in [0.15, 0.2) is 5.79 Å². The summed E-state index contributed by atoms with van der Waals surface area (Å²) in [6.45, 7) is 0. The van der Waals surface area contributed by atoms with Gasteiger partial charge in [0.25, 0.3) is 0 Å². The first-order valence-corrected chi connectivity index (χ1v) is 10.1. The van der Waals surface area contributed by atoms with E-state index in [1.165, 1.54) is 0 Å². The molecule has 1 aliphatic carbocycles. The van der Waals surface area contributed by atoms with Crippen LogP contribution in [0.1, 0.15) is 43.6 Å². The van der Waals surface area contributed by atoms with Crippen molar-refractivity contribution in [3.63, 3.8) is 0 Å². The highest BCUT2D eigenvalue weighted by Crippen LogP contribution is 2.43. The number of benzene rings is 1. The topological polar surface area (TPSA) is 108 Å². The number of esters is 1. The number of nitrogens with zero attached hydrogens (tertiary/aromatic N) is 1. The summed E-state index contributed by atoms with van der Waals surface area (Å²) >= 11 is 7.12. The minimum atomic E-state index is -1.18. The molecule has 2 aliphatic rings. The lowest BCUT2D eigenvalue weighted by atomic mass is 9.80. The van der Waals surface area contributed by atoms with Gasteiger partial charge in [0.2, 0.25) is 0 Å². The first kappa shape index (κ1) is 19.9. The molecule has 3 rings (SSSR count).